The molecule has 0 saturated heterocycles. The number of nitrogens with zero attached hydrogens (tertiary/aromatic N) is 2. The average Bonchev–Trinajstić information content (AvgIpc) is 2.67. The summed E-state index contributed by atoms with van der Waals surface area (Å²) in [5.74, 6) is -2.12. The summed E-state index contributed by atoms with van der Waals surface area (Å²) in [4.78, 5) is 16.5. The maximum absolute atomic E-state index is 13.6. The van der Waals surface area contributed by atoms with E-state index in [1.807, 2.05) is 32.0 Å². The van der Waals surface area contributed by atoms with Crippen molar-refractivity contribution < 1.29 is 13.6 Å². The summed E-state index contributed by atoms with van der Waals surface area (Å²) < 4.78 is 27.2. The van der Waals surface area contributed by atoms with Crippen molar-refractivity contribution in [1.82, 2.24) is 10.3 Å². The van der Waals surface area contributed by atoms with Gasteiger partial charge in [-0.25, -0.2) is 13.8 Å². The first kappa shape index (κ1) is 20.2. The number of aromatic nitrogens is 1. The number of rotatable bonds is 6. The summed E-state index contributed by atoms with van der Waals surface area (Å²) in [6.45, 7) is 4.61. The molecule has 0 bridgehead atoms. The summed E-state index contributed by atoms with van der Waals surface area (Å²) in [5.41, 5.74) is 2.78. The fourth-order valence-corrected chi connectivity index (χ4v) is 3.15. The van der Waals surface area contributed by atoms with Crippen molar-refractivity contribution in [3.05, 3.63) is 70.3 Å². The smallest absolute Gasteiger partial charge is 0.257 e. The third-order valence-corrected chi connectivity index (χ3v) is 4.53. The van der Waals surface area contributed by atoms with Gasteiger partial charge in [0.1, 0.15) is 29.1 Å². The Morgan fingerprint density at radius 1 is 1.14 bits per heavy atom. The Kier molecular flexibility index (Phi) is 6.03. The van der Waals surface area contributed by atoms with E-state index in [9.17, 15) is 18.8 Å². The van der Waals surface area contributed by atoms with Gasteiger partial charge in [0.2, 0.25) is 0 Å². The number of carbonyl (C=O) groups excluding carboxylic acids is 1. The van der Waals surface area contributed by atoms with Crippen molar-refractivity contribution in [2.24, 2.45) is 0 Å². The highest BCUT2D eigenvalue weighted by atomic mass is 19.1. The topological polar surface area (TPSA) is 77.8 Å². The van der Waals surface area contributed by atoms with Gasteiger partial charge in [-0.1, -0.05) is 12.1 Å². The Hall–Kier alpha value is -3.53. The van der Waals surface area contributed by atoms with Crippen LogP contribution in [0, 0.1) is 36.8 Å². The van der Waals surface area contributed by atoms with Crippen molar-refractivity contribution in [2.75, 3.05) is 18.4 Å². The van der Waals surface area contributed by atoms with Crippen molar-refractivity contribution in [2.45, 2.75) is 20.3 Å². The molecule has 0 aliphatic rings. The van der Waals surface area contributed by atoms with Gasteiger partial charge in [0.05, 0.1) is 11.1 Å². The summed E-state index contributed by atoms with van der Waals surface area (Å²) in [5, 5.41) is 15.9. The molecular weight excluding hydrogens is 374 g/mol. The van der Waals surface area contributed by atoms with Crippen LogP contribution in [0.1, 0.15) is 33.5 Å². The number of aryl methyl sites for hydroxylation is 2. The highest BCUT2D eigenvalue weighted by Crippen LogP contribution is 2.24. The van der Waals surface area contributed by atoms with Crippen molar-refractivity contribution in [1.29, 1.82) is 5.26 Å². The molecule has 0 atom stereocenters. The van der Waals surface area contributed by atoms with Gasteiger partial charge in [-0.3, -0.25) is 4.79 Å². The number of pyridine rings is 1. The lowest BCUT2D eigenvalue weighted by Gasteiger charge is -2.11. The van der Waals surface area contributed by atoms with Crippen LogP contribution in [-0.2, 0) is 0 Å². The van der Waals surface area contributed by atoms with Crippen LogP contribution in [0.5, 0.6) is 0 Å². The number of nitrogens with one attached hydrogen (secondary N) is 2. The van der Waals surface area contributed by atoms with E-state index in [0.29, 0.717) is 24.3 Å². The fourth-order valence-electron chi connectivity index (χ4n) is 3.15. The lowest BCUT2D eigenvalue weighted by molar-refractivity contribution is 0.0945. The molecular formula is C22H20F2N4O. The number of amides is 1. The molecule has 0 radical (unpaired) electrons. The zero-order valence-corrected chi connectivity index (χ0v) is 16.1. The second-order valence-corrected chi connectivity index (χ2v) is 6.78. The number of fused-ring (bicyclic) bond motifs is 1. The van der Waals surface area contributed by atoms with Gasteiger partial charge < -0.3 is 10.6 Å². The standard InChI is InChI=1S/C22H20F2N4O/c1-13-9-14(2)16-11-15(12-25)21(28-19(16)10-13)26-7-4-8-27-22(29)20-17(23)5-3-6-18(20)24/h3,5-6,9-11H,4,7-8H2,1-2H3,(H,26,28)(H,27,29). The van der Waals surface area contributed by atoms with Gasteiger partial charge in [-0.2, -0.15) is 5.26 Å². The molecule has 0 saturated carbocycles. The third kappa shape index (κ3) is 4.49. The van der Waals surface area contributed by atoms with E-state index in [-0.39, 0.29) is 6.54 Å². The first-order valence-electron chi connectivity index (χ1n) is 9.19. The minimum Gasteiger partial charge on any atom is -0.369 e. The van der Waals surface area contributed by atoms with Gasteiger partial charge in [0.25, 0.3) is 5.91 Å². The van der Waals surface area contributed by atoms with Gasteiger partial charge in [0, 0.05) is 18.5 Å². The van der Waals surface area contributed by atoms with E-state index >= 15 is 0 Å². The van der Waals surface area contributed by atoms with Crippen LogP contribution < -0.4 is 10.6 Å². The van der Waals surface area contributed by atoms with Crippen molar-refractivity contribution >= 4 is 22.6 Å². The SMILES string of the molecule is Cc1cc(C)c2cc(C#N)c(NCCCNC(=O)c3c(F)cccc3F)nc2c1. The van der Waals surface area contributed by atoms with Gasteiger partial charge >= 0.3 is 0 Å². The van der Waals surface area contributed by atoms with Crippen LogP contribution in [0.15, 0.2) is 36.4 Å². The van der Waals surface area contributed by atoms with Crippen LogP contribution in [0.4, 0.5) is 14.6 Å². The maximum Gasteiger partial charge on any atom is 0.257 e. The van der Waals surface area contributed by atoms with Crippen LogP contribution >= 0.6 is 0 Å². The molecule has 7 heteroatoms. The molecule has 3 aromatic rings. The average molecular weight is 394 g/mol. The molecule has 0 spiro atoms. The minimum atomic E-state index is -0.898. The molecule has 0 fully saturated rings. The lowest BCUT2D eigenvalue weighted by atomic mass is 10.0. The number of nitriles is 1. The van der Waals surface area contributed by atoms with Gasteiger partial charge in [-0.05, 0) is 55.7 Å². The predicted molar refractivity (Wildman–Crippen MR) is 108 cm³/mol. The van der Waals surface area contributed by atoms with Crippen LogP contribution in [0.2, 0.25) is 0 Å². The molecule has 29 heavy (non-hydrogen) atoms. The number of hydrogen-bond acceptors (Lipinski definition) is 4. The van der Waals surface area contributed by atoms with Crippen molar-refractivity contribution in [3.8, 4) is 6.07 Å². The number of hydrogen-bond donors (Lipinski definition) is 2. The zero-order valence-electron chi connectivity index (χ0n) is 16.1. The Labute approximate surface area is 167 Å². The third-order valence-electron chi connectivity index (χ3n) is 4.53. The minimum absolute atomic E-state index is 0.216. The summed E-state index contributed by atoms with van der Waals surface area (Å²) >= 11 is 0. The Balaban J connectivity index is 1.61. The Morgan fingerprint density at radius 3 is 2.55 bits per heavy atom. The van der Waals surface area contributed by atoms with Crippen molar-refractivity contribution in [3.63, 3.8) is 0 Å². The van der Waals surface area contributed by atoms with E-state index in [1.165, 1.54) is 6.07 Å². The largest absolute Gasteiger partial charge is 0.369 e. The first-order valence-corrected chi connectivity index (χ1v) is 9.19. The van der Waals surface area contributed by atoms with Gasteiger partial charge in [-0.15, -0.1) is 0 Å². The van der Waals surface area contributed by atoms with Crippen LogP contribution in [0.3, 0.4) is 0 Å². The van der Waals surface area contributed by atoms with Crippen LogP contribution in [0.25, 0.3) is 10.9 Å². The van der Waals surface area contributed by atoms with Crippen LogP contribution in [-0.4, -0.2) is 24.0 Å². The zero-order chi connectivity index (χ0) is 21.0. The number of halogens is 2. The summed E-state index contributed by atoms with van der Waals surface area (Å²) in [6.07, 6.45) is 0.485. The van der Waals surface area contributed by atoms with E-state index in [0.717, 1.165) is 34.2 Å². The van der Waals surface area contributed by atoms with E-state index in [2.05, 4.69) is 21.7 Å². The molecule has 0 unspecified atom stereocenters. The molecule has 148 valence electrons. The second kappa shape index (κ2) is 8.65. The highest BCUT2D eigenvalue weighted by molar-refractivity contribution is 5.94. The molecule has 1 heterocycles. The second-order valence-electron chi connectivity index (χ2n) is 6.78. The normalized spacial score (nSPS) is 10.6. The quantitative estimate of drug-likeness (QED) is 0.613. The summed E-state index contributed by atoms with van der Waals surface area (Å²) in [6, 6.07) is 11.2. The molecule has 1 aromatic heterocycles. The Bertz CT molecular complexity index is 1100. The number of carbonyl (C=O) groups is 1. The molecule has 1 amide bonds. The fraction of sp³-hybridized carbons (Fsp3) is 0.227. The predicted octanol–water partition coefficient (Wildman–Crippen LogP) is 4.23. The lowest BCUT2D eigenvalue weighted by Crippen LogP contribution is -2.27. The first-order chi connectivity index (χ1) is 13.9. The molecule has 2 N–H and O–H groups in total. The molecule has 5 nitrogen and oxygen atoms in total. The number of anilines is 1. The molecule has 0 aliphatic heterocycles. The number of benzene rings is 2. The Morgan fingerprint density at radius 2 is 1.86 bits per heavy atom. The maximum atomic E-state index is 13.6. The molecule has 0 aliphatic carbocycles. The highest BCUT2D eigenvalue weighted by Gasteiger charge is 2.16. The monoisotopic (exact) mass is 394 g/mol. The van der Waals surface area contributed by atoms with E-state index < -0.39 is 23.1 Å². The molecule has 2 aromatic carbocycles. The van der Waals surface area contributed by atoms with Gasteiger partial charge in [0.15, 0.2) is 0 Å². The van der Waals surface area contributed by atoms with E-state index in [1.54, 1.807) is 0 Å². The van der Waals surface area contributed by atoms with E-state index in [4.69, 9.17) is 0 Å². The molecule has 3 rings (SSSR count). The summed E-state index contributed by atoms with van der Waals surface area (Å²) in [7, 11) is 0.